The van der Waals surface area contributed by atoms with Crippen molar-refractivity contribution in [1.82, 2.24) is 4.90 Å². The summed E-state index contributed by atoms with van der Waals surface area (Å²) in [4.78, 5) is 27.0. The molecule has 1 N–H and O–H groups in total. The number of fused-ring (bicyclic) bond motifs is 1. The average molecular weight is 353 g/mol. The highest BCUT2D eigenvalue weighted by molar-refractivity contribution is 5.91. The normalized spacial score (nSPS) is 19.6. The standard InChI is InChI=1S/C21H23NO4/c1-20(2,3)26-19(25)22-14-13-15-9-7-8-12-17(15)21(22,18(23)24)16-10-5-4-6-11-16/h4-12H,13-14H2,1-3H3,(H,23,24). The maximum absolute atomic E-state index is 13.0. The highest BCUT2D eigenvalue weighted by Crippen LogP contribution is 2.42. The third-order valence-electron chi connectivity index (χ3n) is 4.53. The van der Waals surface area contributed by atoms with Crippen LogP contribution < -0.4 is 0 Å². The molecule has 2 aromatic rings. The molecule has 1 aliphatic heterocycles. The smallest absolute Gasteiger partial charge is 0.411 e. The van der Waals surface area contributed by atoms with E-state index in [0.29, 0.717) is 17.5 Å². The number of rotatable bonds is 2. The van der Waals surface area contributed by atoms with Crippen molar-refractivity contribution in [3.05, 3.63) is 71.3 Å². The zero-order chi connectivity index (χ0) is 18.9. The molecule has 0 radical (unpaired) electrons. The van der Waals surface area contributed by atoms with Crippen molar-refractivity contribution in [3.63, 3.8) is 0 Å². The van der Waals surface area contributed by atoms with Gasteiger partial charge in [0.1, 0.15) is 5.60 Å². The molecule has 5 heteroatoms. The molecule has 1 amide bonds. The topological polar surface area (TPSA) is 66.8 Å². The SMILES string of the molecule is CC(C)(C)OC(=O)N1CCc2ccccc2C1(C(=O)O)c1ccccc1. The molecule has 5 nitrogen and oxygen atoms in total. The van der Waals surface area contributed by atoms with E-state index < -0.39 is 23.2 Å². The number of carbonyl (C=O) groups is 2. The van der Waals surface area contributed by atoms with Gasteiger partial charge in [-0.2, -0.15) is 0 Å². The van der Waals surface area contributed by atoms with E-state index in [9.17, 15) is 14.7 Å². The Kier molecular flexibility index (Phi) is 4.48. The van der Waals surface area contributed by atoms with Crippen molar-refractivity contribution in [3.8, 4) is 0 Å². The summed E-state index contributed by atoms with van der Waals surface area (Å²) in [5.41, 5.74) is -0.257. The van der Waals surface area contributed by atoms with E-state index in [0.717, 1.165) is 5.56 Å². The zero-order valence-electron chi connectivity index (χ0n) is 15.2. The summed E-state index contributed by atoms with van der Waals surface area (Å²) in [6, 6.07) is 16.3. The van der Waals surface area contributed by atoms with E-state index in [4.69, 9.17) is 4.74 Å². The van der Waals surface area contributed by atoms with Crippen LogP contribution in [0.2, 0.25) is 0 Å². The number of carbonyl (C=O) groups excluding carboxylic acids is 1. The van der Waals surface area contributed by atoms with Gasteiger partial charge in [-0.25, -0.2) is 9.59 Å². The molecule has 1 aliphatic rings. The molecule has 0 aliphatic carbocycles. The first-order chi connectivity index (χ1) is 12.3. The number of hydrogen-bond donors (Lipinski definition) is 1. The van der Waals surface area contributed by atoms with E-state index in [1.165, 1.54) is 4.90 Å². The maximum Gasteiger partial charge on any atom is 0.411 e. The Labute approximate surface area is 153 Å². The van der Waals surface area contributed by atoms with Crippen molar-refractivity contribution in [2.45, 2.75) is 38.3 Å². The van der Waals surface area contributed by atoms with Crippen LogP contribution in [0, 0.1) is 0 Å². The number of benzene rings is 2. The molecule has 0 bridgehead atoms. The second-order valence-electron chi connectivity index (χ2n) is 7.42. The monoisotopic (exact) mass is 353 g/mol. The molecule has 26 heavy (non-hydrogen) atoms. The first kappa shape index (κ1) is 18.0. The molecule has 3 rings (SSSR count). The first-order valence-electron chi connectivity index (χ1n) is 8.65. The lowest BCUT2D eigenvalue weighted by molar-refractivity contribution is -0.149. The average Bonchev–Trinajstić information content (AvgIpc) is 2.59. The summed E-state index contributed by atoms with van der Waals surface area (Å²) in [5, 5.41) is 10.4. The Morgan fingerprint density at radius 3 is 2.27 bits per heavy atom. The van der Waals surface area contributed by atoms with Gasteiger partial charge in [0.15, 0.2) is 5.54 Å². The lowest BCUT2D eigenvalue weighted by Gasteiger charge is -2.45. The predicted octanol–water partition coefficient (Wildman–Crippen LogP) is 3.81. The Morgan fingerprint density at radius 2 is 1.65 bits per heavy atom. The highest BCUT2D eigenvalue weighted by atomic mass is 16.6. The van der Waals surface area contributed by atoms with Crippen LogP contribution in [0.1, 0.15) is 37.5 Å². The zero-order valence-corrected chi connectivity index (χ0v) is 15.2. The molecule has 1 unspecified atom stereocenters. The minimum absolute atomic E-state index is 0.271. The van der Waals surface area contributed by atoms with Crippen molar-refractivity contribution >= 4 is 12.1 Å². The second kappa shape index (κ2) is 6.48. The number of nitrogens with zero attached hydrogens (tertiary/aromatic N) is 1. The van der Waals surface area contributed by atoms with E-state index in [2.05, 4.69) is 0 Å². The number of carboxylic acid groups (broad SMARTS) is 1. The largest absolute Gasteiger partial charge is 0.479 e. The summed E-state index contributed by atoms with van der Waals surface area (Å²) in [6.45, 7) is 5.59. The van der Waals surface area contributed by atoms with Crippen LogP contribution in [0.15, 0.2) is 54.6 Å². The van der Waals surface area contributed by atoms with Gasteiger partial charge in [-0.3, -0.25) is 4.90 Å². The molecular formula is C21H23NO4. The molecule has 0 saturated heterocycles. The molecule has 1 heterocycles. The fourth-order valence-corrected chi connectivity index (χ4v) is 3.53. The molecule has 136 valence electrons. The summed E-state index contributed by atoms with van der Waals surface area (Å²) >= 11 is 0. The van der Waals surface area contributed by atoms with E-state index in [-0.39, 0.29) is 6.54 Å². The van der Waals surface area contributed by atoms with Gasteiger partial charge in [0.05, 0.1) is 0 Å². The van der Waals surface area contributed by atoms with Gasteiger partial charge in [-0.15, -0.1) is 0 Å². The van der Waals surface area contributed by atoms with Gasteiger partial charge in [-0.05, 0) is 43.9 Å². The van der Waals surface area contributed by atoms with Crippen LogP contribution in [-0.2, 0) is 21.5 Å². The number of amides is 1. The molecule has 0 fully saturated rings. The van der Waals surface area contributed by atoms with Gasteiger partial charge in [0.2, 0.25) is 0 Å². The van der Waals surface area contributed by atoms with Crippen LogP contribution in [0.25, 0.3) is 0 Å². The van der Waals surface area contributed by atoms with Crippen LogP contribution in [-0.4, -0.2) is 34.2 Å². The van der Waals surface area contributed by atoms with E-state index >= 15 is 0 Å². The molecule has 0 saturated carbocycles. The Balaban J connectivity index is 2.25. The minimum atomic E-state index is -1.61. The summed E-state index contributed by atoms with van der Waals surface area (Å²) in [5.74, 6) is -1.10. The summed E-state index contributed by atoms with van der Waals surface area (Å²) in [7, 11) is 0. The van der Waals surface area contributed by atoms with Crippen LogP contribution in [0.3, 0.4) is 0 Å². The van der Waals surface area contributed by atoms with E-state index in [1.807, 2.05) is 18.2 Å². The van der Waals surface area contributed by atoms with Crippen molar-refractivity contribution < 1.29 is 19.4 Å². The Bertz CT molecular complexity index is 825. The number of ether oxygens (including phenoxy) is 1. The number of aliphatic carboxylic acids is 1. The first-order valence-corrected chi connectivity index (χ1v) is 8.65. The predicted molar refractivity (Wildman–Crippen MR) is 97.9 cm³/mol. The van der Waals surface area contributed by atoms with Gasteiger partial charge < -0.3 is 9.84 Å². The van der Waals surface area contributed by atoms with Gasteiger partial charge in [0.25, 0.3) is 0 Å². The van der Waals surface area contributed by atoms with Gasteiger partial charge in [-0.1, -0.05) is 54.6 Å². The molecule has 2 aromatic carbocycles. The lowest BCUT2D eigenvalue weighted by atomic mass is 9.76. The van der Waals surface area contributed by atoms with Crippen molar-refractivity contribution in [2.24, 2.45) is 0 Å². The van der Waals surface area contributed by atoms with Crippen molar-refractivity contribution in [2.75, 3.05) is 6.54 Å². The summed E-state index contributed by atoms with van der Waals surface area (Å²) < 4.78 is 5.54. The number of hydrogen-bond acceptors (Lipinski definition) is 3. The van der Waals surface area contributed by atoms with Crippen LogP contribution in [0.4, 0.5) is 4.79 Å². The highest BCUT2D eigenvalue weighted by Gasteiger charge is 2.53. The van der Waals surface area contributed by atoms with Crippen molar-refractivity contribution in [1.29, 1.82) is 0 Å². The quantitative estimate of drug-likeness (QED) is 0.891. The summed E-state index contributed by atoms with van der Waals surface area (Å²) in [6.07, 6.45) is -0.0460. The maximum atomic E-state index is 13.0. The fraction of sp³-hybridized carbons (Fsp3) is 0.333. The fourth-order valence-electron chi connectivity index (χ4n) is 3.53. The molecular weight excluding hydrogens is 330 g/mol. The lowest BCUT2D eigenvalue weighted by Crippen LogP contribution is -2.59. The Morgan fingerprint density at radius 1 is 1.04 bits per heavy atom. The second-order valence-corrected chi connectivity index (χ2v) is 7.42. The van der Waals surface area contributed by atoms with Crippen LogP contribution in [0.5, 0.6) is 0 Å². The molecule has 1 atom stereocenters. The number of carboxylic acids is 1. The minimum Gasteiger partial charge on any atom is -0.479 e. The van der Waals surface area contributed by atoms with E-state index in [1.54, 1.807) is 57.2 Å². The third kappa shape index (κ3) is 2.94. The molecule has 0 aromatic heterocycles. The van der Waals surface area contributed by atoms with Gasteiger partial charge in [0, 0.05) is 6.54 Å². The third-order valence-corrected chi connectivity index (χ3v) is 4.53. The van der Waals surface area contributed by atoms with Crippen LogP contribution >= 0.6 is 0 Å². The van der Waals surface area contributed by atoms with Gasteiger partial charge >= 0.3 is 12.1 Å². The molecule has 0 spiro atoms. The Hall–Kier alpha value is -2.82.